The lowest BCUT2D eigenvalue weighted by Crippen LogP contribution is -2.41. The normalized spacial score (nSPS) is 18.1. The Labute approximate surface area is 244 Å². The second-order valence-corrected chi connectivity index (χ2v) is 15.9. The van der Waals surface area contributed by atoms with Crippen molar-refractivity contribution in [2.45, 2.75) is 43.6 Å². The summed E-state index contributed by atoms with van der Waals surface area (Å²) in [5, 5.41) is 0.693. The van der Waals surface area contributed by atoms with E-state index >= 15 is 0 Å². The number of hydrogen-bond acceptors (Lipinski definition) is 6. The maximum Gasteiger partial charge on any atom is 0.249 e. The lowest BCUT2D eigenvalue weighted by Gasteiger charge is -2.33. The number of sulfone groups is 1. The molecule has 0 spiro atoms. The van der Waals surface area contributed by atoms with Crippen molar-refractivity contribution < 1.29 is 30.4 Å². The standard InChI is InChI=1S/C31H30F2N2O5S2/c1-20-17-22(12-14-31(20,4)42(38,39)35-16-13-21-7-6-15-34-29(21)35)25-18-23(30(2,3)41(5,36)37)8-10-27(25)40-28-11-9-24(32)19-26(28)33/h6-13,15-19H,14H2,1-5H3. The van der Waals surface area contributed by atoms with Gasteiger partial charge in [0.05, 0.1) is 4.75 Å². The van der Waals surface area contributed by atoms with Crippen LogP contribution in [0.1, 0.15) is 45.2 Å². The molecule has 0 amide bonds. The van der Waals surface area contributed by atoms with Crippen LogP contribution in [0.2, 0.25) is 0 Å². The van der Waals surface area contributed by atoms with Gasteiger partial charge in [-0.15, -0.1) is 0 Å². The summed E-state index contributed by atoms with van der Waals surface area (Å²) in [5.41, 5.74) is 2.32. The lowest BCUT2D eigenvalue weighted by molar-refractivity contribution is 0.436. The summed E-state index contributed by atoms with van der Waals surface area (Å²) in [6.07, 6.45) is 7.71. The van der Waals surface area contributed by atoms with E-state index in [1.54, 1.807) is 70.2 Å². The molecule has 0 aliphatic heterocycles. The fourth-order valence-electron chi connectivity index (χ4n) is 4.87. The van der Waals surface area contributed by atoms with Crippen molar-refractivity contribution in [1.29, 1.82) is 0 Å². The van der Waals surface area contributed by atoms with E-state index in [9.17, 15) is 25.6 Å². The summed E-state index contributed by atoms with van der Waals surface area (Å²) in [6, 6.07) is 12.9. The second-order valence-electron chi connectivity index (χ2n) is 11.1. The smallest absolute Gasteiger partial charge is 0.249 e. The third-order valence-electron chi connectivity index (χ3n) is 8.19. The van der Waals surface area contributed by atoms with Crippen LogP contribution in [0.5, 0.6) is 11.5 Å². The summed E-state index contributed by atoms with van der Waals surface area (Å²) < 4.78 is 85.8. The Balaban J connectivity index is 1.61. The van der Waals surface area contributed by atoms with Gasteiger partial charge in [-0.1, -0.05) is 18.2 Å². The molecule has 2 heterocycles. The molecular formula is C31H30F2N2O5S2. The highest BCUT2D eigenvalue weighted by Crippen LogP contribution is 2.43. The molecule has 4 aromatic rings. The molecule has 1 aliphatic rings. The average molecular weight is 613 g/mol. The first-order chi connectivity index (χ1) is 19.6. The number of benzene rings is 2. The molecule has 1 aliphatic carbocycles. The molecule has 0 saturated carbocycles. The molecule has 2 aromatic heterocycles. The molecular weight excluding hydrogens is 582 g/mol. The third kappa shape index (κ3) is 4.84. The van der Waals surface area contributed by atoms with Gasteiger partial charge in [0, 0.05) is 35.7 Å². The zero-order valence-electron chi connectivity index (χ0n) is 23.7. The van der Waals surface area contributed by atoms with Gasteiger partial charge in [-0.3, -0.25) is 0 Å². The van der Waals surface area contributed by atoms with Gasteiger partial charge in [-0.25, -0.2) is 34.6 Å². The molecule has 0 N–H and O–H groups in total. The Hall–Kier alpha value is -3.83. The zero-order chi connectivity index (χ0) is 30.7. The number of halogens is 2. The fraction of sp³-hybridized carbons (Fsp3) is 0.258. The molecule has 1 atom stereocenters. The fourth-order valence-corrected chi connectivity index (χ4v) is 7.22. The molecule has 1 unspecified atom stereocenters. The summed E-state index contributed by atoms with van der Waals surface area (Å²) in [5.74, 6) is -1.69. The Kier molecular flexibility index (Phi) is 7.18. The van der Waals surface area contributed by atoms with E-state index in [4.69, 9.17) is 4.74 Å². The van der Waals surface area contributed by atoms with Crippen LogP contribution in [0.3, 0.4) is 0 Å². The number of aromatic nitrogens is 2. The Morgan fingerprint density at radius 1 is 1.00 bits per heavy atom. The van der Waals surface area contributed by atoms with E-state index < -0.39 is 41.0 Å². The monoisotopic (exact) mass is 612 g/mol. The van der Waals surface area contributed by atoms with Gasteiger partial charge in [0.25, 0.3) is 0 Å². The second kappa shape index (κ2) is 10.2. The SMILES string of the molecule is CC1=CC(c2cc(C(C)(C)S(C)(=O)=O)ccc2Oc2ccc(F)cc2F)=CCC1(C)S(=O)(=O)n1ccc2cccnc21. The first-order valence-electron chi connectivity index (χ1n) is 13.1. The van der Waals surface area contributed by atoms with Crippen LogP contribution in [0.15, 0.2) is 84.7 Å². The topological polar surface area (TPSA) is 95.3 Å². The van der Waals surface area contributed by atoms with Crippen molar-refractivity contribution in [2.75, 3.05) is 6.26 Å². The zero-order valence-corrected chi connectivity index (χ0v) is 25.4. The van der Waals surface area contributed by atoms with E-state index in [-0.39, 0.29) is 17.9 Å². The van der Waals surface area contributed by atoms with E-state index in [1.807, 2.05) is 0 Å². The van der Waals surface area contributed by atoms with Crippen LogP contribution < -0.4 is 4.74 Å². The number of pyridine rings is 1. The van der Waals surface area contributed by atoms with Crippen LogP contribution in [0.4, 0.5) is 8.78 Å². The summed E-state index contributed by atoms with van der Waals surface area (Å²) in [7, 11) is -7.52. The van der Waals surface area contributed by atoms with Crippen LogP contribution in [0, 0.1) is 11.6 Å². The van der Waals surface area contributed by atoms with Crippen LogP contribution in [-0.4, -0.2) is 36.8 Å². The minimum Gasteiger partial charge on any atom is -0.454 e. The van der Waals surface area contributed by atoms with Crippen molar-refractivity contribution in [3.05, 3.63) is 107 Å². The lowest BCUT2D eigenvalue weighted by atomic mass is 9.86. The van der Waals surface area contributed by atoms with Crippen molar-refractivity contribution in [2.24, 2.45) is 0 Å². The van der Waals surface area contributed by atoms with Gasteiger partial charge in [-0.05, 0) is 93.3 Å². The van der Waals surface area contributed by atoms with Gasteiger partial charge < -0.3 is 4.74 Å². The highest BCUT2D eigenvalue weighted by Gasteiger charge is 2.44. The first-order valence-corrected chi connectivity index (χ1v) is 16.4. The summed E-state index contributed by atoms with van der Waals surface area (Å²) in [6.45, 7) is 6.52. The molecule has 11 heteroatoms. The van der Waals surface area contributed by atoms with Crippen LogP contribution in [-0.2, 0) is 24.6 Å². The molecule has 0 saturated heterocycles. The minimum atomic E-state index is -3.97. The quantitative estimate of drug-likeness (QED) is 0.229. The van der Waals surface area contributed by atoms with E-state index in [0.29, 0.717) is 39.4 Å². The van der Waals surface area contributed by atoms with Crippen molar-refractivity contribution in [3.8, 4) is 11.5 Å². The number of fused-ring (bicyclic) bond motifs is 1. The Bertz CT molecular complexity index is 2010. The number of ether oxygens (including phenoxy) is 1. The average Bonchev–Trinajstić information content (AvgIpc) is 3.36. The minimum absolute atomic E-state index is 0.0869. The predicted molar refractivity (Wildman–Crippen MR) is 160 cm³/mol. The molecule has 0 bridgehead atoms. The third-order valence-corrected chi connectivity index (χ3v) is 12.7. The maximum atomic E-state index is 14.5. The molecule has 220 valence electrons. The molecule has 42 heavy (non-hydrogen) atoms. The van der Waals surface area contributed by atoms with E-state index in [1.165, 1.54) is 22.4 Å². The van der Waals surface area contributed by atoms with Gasteiger partial charge in [0.15, 0.2) is 27.1 Å². The molecule has 5 rings (SSSR count). The largest absolute Gasteiger partial charge is 0.454 e. The van der Waals surface area contributed by atoms with Crippen LogP contribution >= 0.6 is 0 Å². The number of nitrogens with zero attached hydrogens (tertiary/aromatic N) is 2. The number of hydrogen-bond donors (Lipinski definition) is 0. The Morgan fingerprint density at radius 3 is 2.38 bits per heavy atom. The van der Waals surface area contributed by atoms with E-state index in [0.717, 1.165) is 18.4 Å². The number of rotatable bonds is 7. The van der Waals surface area contributed by atoms with E-state index in [2.05, 4.69) is 4.98 Å². The van der Waals surface area contributed by atoms with Gasteiger partial charge in [0.1, 0.15) is 16.3 Å². The van der Waals surface area contributed by atoms with Crippen LogP contribution in [0.25, 0.3) is 16.6 Å². The molecule has 2 aromatic carbocycles. The Morgan fingerprint density at radius 2 is 1.71 bits per heavy atom. The van der Waals surface area contributed by atoms with Gasteiger partial charge >= 0.3 is 0 Å². The molecule has 0 radical (unpaired) electrons. The molecule has 7 nitrogen and oxygen atoms in total. The van der Waals surface area contributed by atoms with Gasteiger partial charge in [0.2, 0.25) is 10.0 Å². The highest BCUT2D eigenvalue weighted by molar-refractivity contribution is 7.92. The molecule has 0 fully saturated rings. The van der Waals surface area contributed by atoms with Crippen molar-refractivity contribution in [3.63, 3.8) is 0 Å². The summed E-state index contributed by atoms with van der Waals surface area (Å²) in [4.78, 5) is 4.27. The summed E-state index contributed by atoms with van der Waals surface area (Å²) >= 11 is 0. The predicted octanol–water partition coefficient (Wildman–Crippen LogP) is 6.76. The van der Waals surface area contributed by atoms with Crippen molar-refractivity contribution in [1.82, 2.24) is 8.96 Å². The number of allylic oxidation sites excluding steroid dienone is 3. The van der Waals surface area contributed by atoms with Crippen molar-refractivity contribution >= 4 is 36.5 Å². The first kappa shape index (κ1) is 29.7. The van der Waals surface area contributed by atoms with Gasteiger partial charge in [-0.2, -0.15) is 0 Å². The highest BCUT2D eigenvalue weighted by atomic mass is 32.2. The maximum absolute atomic E-state index is 14.5.